The summed E-state index contributed by atoms with van der Waals surface area (Å²) in [6.45, 7) is 1.60. The van der Waals surface area contributed by atoms with Gasteiger partial charge in [-0.2, -0.15) is 0 Å². The summed E-state index contributed by atoms with van der Waals surface area (Å²) in [6.07, 6.45) is 0.247. The zero-order chi connectivity index (χ0) is 6.57. The van der Waals surface area contributed by atoms with Gasteiger partial charge in [-0.1, -0.05) is 5.16 Å². The molecule has 46 valence electrons. The molecule has 0 rings (SSSR count). The second-order valence-electron chi connectivity index (χ2n) is 1.54. The second-order valence-corrected chi connectivity index (χ2v) is 1.54. The van der Waals surface area contributed by atoms with Crippen LogP contribution in [0.2, 0.25) is 0 Å². The van der Waals surface area contributed by atoms with Gasteiger partial charge in [0.1, 0.15) is 0 Å². The standard InChI is InChI=1S/C4H9N3O/c1-3(7-8)2-4(5)6/h8H,2H2,1H3,(H3,5,6)/b7-3+. The summed E-state index contributed by atoms with van der Waals surface area (Å²) in [4.78, 5) is 0. The lowest BCUT2D eigenvalue weighted by atomic mass is 10.3. The van der Waals surface area contributed by atoms with Gasteiger partial charge in [0.05, 0.1) is 11.5 Å². The Labute approximate surface area is 47.5 Å². The Hall–Kier alpha value is -1.06. The molecule has 0 spiro atoms. The monoisotopic (exact) mass is 115 g/mol. The maximum Gasteiger partial charge on any atom is 0.0963 e. The summed E-state index contributed by atoms with van der Waals surface area (Å²) in [5, 5.41) is 17.6. The molecule has 0 atom stereocenters. The number of hydrogen-bond donors (Lipinski definition) is 3. The Morgan fingerprint density at radius 2 is 2.38 bits per heavy atom. The average Bonchev–Trinajstić information content (AvgIpc) is 1.65. The number of oxime groups is 1. The highest BCUT2D eigenvalue weighted by atomic mass is 16.4. The van der Waals surface area contributed by atoms with Crippen molar-refractivity contribution in [1.82, 2.24) is 0 Å². The molecule has 0 amide bonds. The Kier molecular flexibility index (Phi) is 2.61. The molecule has 0 heterocycles. The number of nitrogens with one attached hydrogen (secondary N) is 1. The molecule has 0 bridgehead atoms. The highest BCUT2D eigenvalue weighted by molar-refractivity contribution is 5.99. The van der Waals surface area contributed by atoms with Gasteiger partial charge >= 0.3 is 0 Å². The quantitative estimate of drug-likeness (QED) is 0.207. The van der Waals surface area contributed by atoms with Gasteiger partial charge in [0.2, 0.25) is 0 Å². The molecule has 0 saturated heterocycles. The SMILES string of the molecule is C/C(CC(=N)N)=N\O. The molecule has 4 heteroatoms. The Morgan fingerprint density at radius 1 is 1.88 bits per heavy atom. The van der Waals surface area contributed by atoms with Crippen LogP contribution in [0.5, 0.6) is 0 Å². The summed E-state index contributed by atoms with van der Waals surface area (Å²) in [6, 6.07) is 0. The predicted molar refractivity (Wildman–Crippen MR) is 31.4 cm³/mol. The lowest BCUT2D eigenvalue weighted by molar-refractivity contribution is 0.318. The number of amidine groups is 1. The predicted octanol–water partition coefficient (Wildman–Crippen LogP) is 0.163. The molecule has 0 fully saturated rings. The molecule has 0 aromatic heterocycles. The van der Waals surface area contributed by atoms with E-state index in [0.29, 0.717) is 5.71 Å². The van der Waals surface area contributed by atoms with Crippen molar-refractivity contribution in [2.75, 3.05) is 0 Å². The first-order valence-electron chi connectivity index (χ1n) is 2.17. The van der Waals surface area contributed by atoms with Crippen LogP contribution in [0, 0.1) is 5.41 Å². The van der Waals surface area contributed by atoms with E-state index in [2.05, 4.69) is 5.16 Å². The van der Waals surface area contributed by atoms with Crippen LogP contribution in [0.3, 0.4) is 0 Å². The Balaban J connectivity index is 3.56. The minimum absolute atomic E-state index is 0.0142. The third-order valence-electron chi connectivity index (χ3n) is 0.617. The van der Waals surface area contributed by atoms with Crippen molar-refractivity contribution in [3.05, 3.63) is 0 Å². The van der Waals surface area contributed by atoms with Gasteiger partial charge in [-0.15, -0.1) is 0 Å². The molecular formula is C4H9N3O. The first-order valence-corrected chi connectivity index (χ1v) is 2.17. The fraction of sp³-hybridized carbons (Fsp3) is 0.500. The van der Waals surface area contributed by atoms with E-state index in [0.717, 1.165) is 0 Å². The first-order chi connectivity index (χ1) is 3.66. The Bertz CT molecular complexity index is 118. The van der Waals surface area contributed by atoms with Crippen LogP contribution in [-0.4, -0.2) is 16.8 Å². The number of nitrogens with zero attached hydrogens (tertiary/aromatic N) is 1. The zero-order valence-corrected chi connectivity index (χ0v) is 4.68. The smallest absolute Gasteiger partial charge is 0.0963 e. The van der Waals surface area contributed by atoms with Crippen molar-refractivity contribution < 1.29 is 5.21 Å². The van der Waals surface area contributed by atoms with E-state index in [1.54, 1.807) is 6.92 Å². The summed E-state index contributed by atoms with van der Waals surface area (Å²) < 4.78 is 0. The van der Waals surface area contributed by atoms with Gasteiger partial charge < -0.3 is 10.9 Å². The van der Waals surface area contributed by atoms with Gasteiger partial charge in [0.25, 0.3) is 0 Å². The highest BCUT2D eigenvalue weighted by Crippen LogP contribution is 1.81. The topological polar surface area (TPSA) is 82.5 Å². The molecule has 4 N–H and O–H groups in total. The molecule has 4 nitrogen and oxygen atoms in total. The van der Waals surface area contributed by atoms with Gasteiger partial charge in [-0.3, -0.25) is 5.41 Å². The van der Waals surface area contributed by atoms with E-state index in [9.17, 15) is 0 Å². The molecule has 0 aliphatic carbocycles. The third kappa shape index (κ3) is 3.14. The molecule has 8 heavy (non-hydrogen) atoms. The van der Waals surface area contributed by atoms with Crippen LogP contribution >= 0.6 is 0 Å². The molecule has 0 unspecified atom stereocenters. The third-order valence-corrected chi connectivity index (χ3v) is 0.617. The average molecular weight is 115 g/mol. The van der Waals surface area contributed by atoms with Crippen molar-refractivity contribution in [3.63, 3.8) is 0 Å². The summed E-state index contributed by atoms with van der Waals surface area (Å²) in [5.41, 5.74) is 5.42. The van der Waals surface area contributed by atoms with E-state index in [-0.39, 0.29) is 12.3 Å². The fourth-order valence-electron chi connectivity index (χ4n) is 0.311. The van der Waals surface area contributed by atoms with Crippen molar-refractivity contribution in [3.8, 4) is 0 Å². The lowest BCUT2D eigenvalue weighted by Gasteiger charge is -1.91. The largest absolute Gasteiger partial charge is 0.411 e. The molecule has 0 aliphatic rings. The zero-order valence-electron chi connectivity index (χ0n) is 4.68. The molecule has 0 radical (unpaired) electrons. The number of rotatable bonds is 2. The van der Waals surface area contributed by atoms with Gasteiger partial charge in [-0.05, 0) is 6.92 Å². The van der Waals surface area contributed by atoms with E-state index in [1.165, 1.54) is 0 Å². The van der Waals surface area contributed by atoms with Crippen molar-refractivity contribution in [1.29, 1.82) is 5.41 Å². The van der Waals surface area contributed by atoms with Crippen LogP contribution in [0.25, 0.3) is 0 Å². The molecule has 0 aromatic rings. The van der Waals surface area contributed by atoms with Crippen LogP contribution < -0.4 is 5.73 Å². The molecule has 0 saturated carbocycles. The molecular weight excluding hydrogens is 106 g/mol. The van der Waals surface area contributed by atoms with E-state index < -0.39 is 0 Å². The lowest BCUT2D eigenvalue weighted by Crippen LogP contribution is -2.13. The Morgan fingerprint density at radius 3 is 2.50 bits per heavy atom. The van der Waals surface area contributed by atoms with E-state index in [1.807, 2.05) is 0 Å². The maximum absolute atomic E-state index is 8.02. The van der Waals surface area contributed by atoms with Crippen LogP contribution in [0.1, 0.15) is 13.3 Å². The van der Waals surface area contributed by atoms with Gasteiger partial charge in [0, 0.05) is 6.42 Å². The summed E-state index contributed by atoms with van der Waals surface area (Å²) in [7, 11) is 0. The van der Waals surface area contributed by atoms with E-state index >= 15 is 0 Å². The van der Waals surface area contributed by atoms with Crippen molar-refractivity contribution in [2.24, 2.45) is 10.9 Å². The minimum Gasteiger partial charge on any atom is -0.411 e. The molecule has 0 aromatic carbocycles. The highest BCUT2D eigenvalue weighted by Gasteiger charge is 1.91. The number of hydrogen-bond acceptors (Lipinski definition) is 3. The first kappa shape index (κ1) is 6.94. The van der Waals surface area contributed by atoms with Crippen molar-refractivity contribution >= 4 is 11.5 Å². The second kappa shape index (κ2) is 3.01. The normalized spacial score (nSPS) is 11.4. The summed E-state index contributed by atoms with van der Waals surface area (Å²) >= 11 is 0. The summed E-state index contributed by atoms with van der Waals surface area (Å²) in [5.74, 6) is 0.0142. The van der Waals surface area contributed by atoms with Crippen LogP contribution in [-0.2, 0) is 0 Å². The van der Waals surface area contributed by atoms with Crippen LogP contribution in [0.4, 0.5) is 0 Å². The van der Waals surface area contributed by atoms with Crippen LogP contribution in [0.15, 0.2) is 5.16 Å². The number of nitrogens with two attached hydrogens (primary N) is 1. The van der Waals surface area contributed by atoms with Gasteiger partial charge in [0.15, 0.2) is 0 Å². The maximum atomic E-state index is 8.02. The van der Waals surface area contributed by atoms with E-state index in [4.69, 9.17) is 16.4 Å². The fourth-order valence-corrected chi connectivity index (χ4v) is 0.311. The molecule has 0 aliphatic heterocycles. The van der Waals surface area contributed by atoms with Gasteiger partial charge in [-0.25, -0.2) is 0 Å². The van der Waals surface area contributed by atoms with Crippen molar-refractivity contribution in [2.45, 2.75) is 13.3 Å². The minimum atomic E-state index is 0.0142.